The molecule has 0 unspecified atom stereocenters. The molecular weight excluding hydrogens is 324 g/mol. The highest BCUT2D eigenvalue weighted by Crippen LogP contribution is 2.27. The standard InChI is InChI=1S/C17H22N4O2S/c1-14-5-3-4-6-15(14)20-9-11-21(12-10-20)16-7-8-19-13-17(16)24(22,23)18-2/h3-8,13,18H,9-12H2,1-2H3. The van der Waals surface area contributed by atoms with Crippen molar-refractivity contribution >= 4 is 21.4 Å². The van der Waals surface area contributed by atoms with Crippen LogP contribution in [0.2, 0.25) is 0 Å². The zero-order valence-corrected chi connectivity index (χ0v) is 14.8. The maximum absolute atomic E-state index is 12.2. The van der Waals surface area contributed by atoms with E-state index in [1.165, 1.54) is 24.5 Å². The molecule has 1 N–H and O–H groups in total. The van der Waals surface area contributed by atoms with Gasteiger partial charge in [-0.05, 0) is 31.7 Å². The molecule has 0 amide bonds. The van der Waals surface area contributed by atoms with Gasteiger partial charge >= 0.3 is 0 Å². The summed E-state index contributed by atoms with van der Waals surface area (Å²) in [5.41, 5.74) is 3.21. The molecule has 2 heterocycles. The van der Waals surface area contributed by atoms with E-state index in [4.69, 9.17) is 0 Å². The third-order valence-corrected chi connectivity index (χ3v) is 5.83. The summed E-state index contributed by atoms with van der Waals surface area (Å²) in [6.07, 6.45) is 3.05. The number of aryl methyl sites for hydroxylation is 1. The smallest absolute Gasteiger partial charge is 0.243 e. The minimum Gasteiger partial charge on any atom is -0.368 e. The first-order chi connectivity index (χ1) is 11.5. The third kappa shape index (κ3) is 3.22. The number of aromatic nitrogens is 1. The molecule has 1 saturated heterocycles. The molecule has 24 heavy (non-hydrogen) atoms. The summed E-state index contributed by atoms with van der Waals surface area (Å²) < 4.78 is 26.8. The van der Waals surface area contributed by atoms with Crippen LogP contribution in [-0.4, -0.2) is 46.6 Å². The van der Waals surface area contributed by atoms with Crippen LogP contribution in [0.5, 0.6) is 0 Å². The lowest BCUT2D eigenvalue weighted by molar-refractivity contribution is 0.586. The van der Waals surface area contributed by atoms with Crippen LogP contribution < -0.4 is 14.5 Å². The van der Waals surface area contributed by atoms with Crippen molar-refractivity contribution in [1.29, 1.82) is 0 Å². The van der Waals surface area contributed by atoms with Crippen molar-refractivity contribution < 1.29 is 8.42 Å². The molecule has 1 fully saturated rings. The van der Waals surface area contributed by atoms with Crippen molar-refractivity contribution in [3.8, 4) is 0 Å². The third-order valence-electron chi connectivity index (χ3n) is 4.40. The normalized spacial score (nSPS) is 15.6. The Kier molecular flexibility index (Phi) is 4.73. The van der Waals surface area contributed by atoms with Gasteiger partial charge in [0.15, 0.2) is 0 Å². The number of rotatable bonds is 4. The number of anilines is 2. The Morgan fingerprint density at radius 3 is 2.25 bits per heavy atom. The Balaban J connectivity index is 1.80. The summed E-state index contributed by atoms with van der Waals surface area (Å²) >= 11 is 0. The summed E-state index contributed by atoms with van der Waals surface area (Å²) in [6.45, 7) is 5.36. The van der Waals surface area contributed by atoms with Gasteiger partial charge in [-0.3, -0.25) is 4.98 Å². The van der Waals surface area contributed by atoms with Gasteiger partial charge in [0, 0.05) is 44.3 Å². The monoisotopic (exact) mass is 346 g/mol. The number of piperazine rings is 1. The van der Waals surface area contributed by atoms with Gasteiger partial charge in [0.25, 0.3) is 0 Å². The van der Waals surface area contributed by atoms with Gasteiger partial charge in [0.1, 0.15) is 4.90 Å². The number of hydrogen-bond acceptors (Lipinski definition) is 5. The number of nitrogens with one attached hydrogen (secondary N) is 1. The number of hydrogen-bond donors (Lipinski definition) is 1. The Bertz CT molecular complexity index is 815. The molecule has 0 atom stereocenters. The highest BCUT2D eigenvalue weighted by molar-refractivity contribution is 7.89. The lowest BCUT2D eigenvalue weighted by Crippen LogP contribution is -2.47. The molecule has 1 aliphatic heterocycles. The van der Waals surface area contributed by atoms with Gasteiger partial charge < -0.3 is 9.80 Å². The molecule has 3 rings (SSSR count). The molecule has 0 saturated carbocycles. The maximum Gasteiger partial charge on any atom is 0.243 e. The molecule has 1 aromatic heterocycles. The average Bonchev–Trinajstić information content (AvgIpc) is 2.62. The molecule has 1 aromatic carbocycles. The largest absolute Gasteiger partial charge is 0.368 e. The first-order valence-corrected chi connectivity index (χ1v) is 9.44. The zero-order chi connectivity index (χ0) is 17.2. The summed E-state index contributed by atoms with van der Waals surface area (Å²) in [5, 5.41) is 0. The fourth-order valence-corrected chi connectivity index (χ4v) is 3.95. The van der Waals surface area contributed by atoms with Gasteiger partial charge in [0.2, 0.25) is 10.0 Å². The molecule has 0 aliphatic carbocycles. The maximum atomic E-state index is 12.2. The van der Waals surface area contributed by atoms with Crippen LogP contribution >= 0.6 is 0 Å². The van der Waals surface area contributed by atoms with Crippen LogP contribution in [0.3, 0.4) is 0 Å². The Morgan fingerprint density at radius 1 is 1.00 bits per heavy atom. The molecule has 7 heteroatoms. The second-order valence-corrected chi connectivity index (χ2v) is 7.67. The lowest BCUT2D eigenvalue weighted by atomic mass is 10.1. The minimum absolute atomic E-state index is 0.233. The van der Waals surface area contributed by atoms with Crippen LogP contribution in [0.4, 0.5) is 11.4 Å². The number of sulfonamides is 1. The summed E-state index contributed by atoms with van der Waals surface area (Å²) in [6, 6.07) is 10.1. The van der Waals surface area contributed by atoms with Crippen molar-refractivity contribution in [2.45, 2.75) is 11.8 Å². The minimum atomic E-state index is -3.52. The molecule has 0 bridgehead atoms. The van der Waals surface area contributed by atoms with Crippen LogP contribution in [0.25, 0.3) is 0 Å². The molecule has 128 valence electrons. The number of benzene rings is 1. The Labute approximate surface area is 143 Å². The highest BCUT2D eigenvalue weighted by Gasteiger charge is 2.24. The number of para-hydroxylation sites is 1. The fourth-order valence-electron chi connectivity index (χ4n) is 3.06. The van der Waals surface area contributed by atoms with Crippen molar-refractivity contribution in [1.82, 2.24) is 9.71 Å². The van der Waals surface area contributed by atoms with Gasteiger partial charge in [0.05, 0.1) is 5.69 Å². The molecule has 0 radical (unpaired) electrons. The van der Waals surface area contributed by atoms with Crippen LogP contribution in [0.15, 0.2) is 47.6 Å². The van der Waals surface area contributed by atoms with E-state index in [2.05, 4.69) is 44.6 Å². The topological polar surface area (TPSA) is 65.5 Å². The average molecular weight is 346 g/mol. The second-order valence-electron chi connectivity index (χ2n) is 5.81. The molecular formula is C17H22N4O2S. The van der Waals surface area contributed by atoms with E-state index in [9.17, 15) is 8.42 Å². The fraction of sp³-hybridized carbons (Fsp3) is 0.353. The van der Waals surface area contributed by atoms with Crippen LogP contribution in [0, 0.1) is 6.92 Å². The Morgan fingerprint density at radius 2 is 1.62 bits per heavy atom. The first-order valence-electron chi connectivity index (χ1n) is 7.96. The van der Waals surface area contributed by atoms with E-state index in [0.29, 0.717) is 5.69 Å². The van der Waals surface area contributed by atoms with Gasteiger partial charge in [-0.1, -0.05) is 18.2 Å². The summed E-state index contributed by atoms with van der Waals surface area (Å²) in [7, 11) is -2.10. The molecule has 2 aromatic rings. The van der Waals surface area contributed by atoms with Gasteiger partial charge in [-0.25, -0.2) is 13.1 Å². The summed E-state index contributed by atoms with van der Waals surface area (Å²) in [4.78, 5) is 8.66. The lowest BCUT2D eigenvalue weighted by Gasteiger charge is -2.38. The van der Waals surface area contributed by atoms with Crippen molar-refractivity contribution in [2.24, 2.45) is 0 Å². The number of nitrogens with zero attached hydrogens (tertiary/aromatic N) is 3. The van der Waals surface area contributed by atoms with Crippen molar-refractivity contribution in [2.75, 3.05) is 43.0 Å². The van der Waals surface area contributed by atoms with Crippen LogP contribution in [0.1, 0.15) is 5.56 Å². The van der Waals surface area contributed by atoms with E-state index in [1.54, 1.807) is 12.3 Å². The van der Waals surface area contributed by atoms with E-state index < -0.39 is 10.0 Å². The van der Waals surface area contributed by atoms with E-state index in [-0.39, 0.29) is 4.90 Å². The zero-order valence-electron chi connectivity index (χ0n) is 13.9. The predicted molar refractivity (Wildman–Crippen MR) is 96.1 cm³/mol. The van der Waals surface area contributed by atoms with Crippen molar-refractivity contribution in [3.63, 3.8) is 0 Å². The van der Waals surface area contributed by atoms with Crippen molar-refractivity contribution in [3.05, 3.63) is 48.3 Å². The Hall–Kier alpha value is -2.12. The first kappa shape index (κ1) is 16.7. The second kappa shape index (κ2) is 6.78. The summed E-state index contributed by atoms with van der Waals surface area (Å²) in [5.74, 6) is 0. The SMILES string of the molecule is CNS(=O)(=O)c1cnccc1N1CCN(c2ccccc2C)CC1. The van der Waals surface area contributed by atoms with E-state index in [1.807, 2.05) is 6.07 Å². The molecule has 1 aliphatic rings. The molecule has 6 nitrogen and oxygen atoms in total. The van der Waals surface area contributed by atoms with Gasteiger partial charge in [-0.2, -0.15) is 0 Å². The highest BCUT2D eigenvalue weighted by atomic mass is 32.2. The molecule has 0 spiro atoms. The van der Waals surface area contributed by atoms with Gasteiger partial charge in [-0.15, -0.1) is 0 Å². The predicted octanol–water partition coefficient (Wildman–Crippen LogP) is 1.62. The number of pyridine rings is 1. The quantitative estimate of drug-likeness (QED) is 0.911. The van der Waals surface area contributed by atoms with Crippen LogP contribution in [-0.2, 0) is 10.0 Å². The van der Waals surface area contributed by atoms with E-state index >= 15 is 0 Å². The van der Waals surface area contributed by atoms with E-state index in [0.717, 1.165) is 26.2 Å².